The van der Waals surface area contributed by atoms with Gasteiger partial charge in [-0.3, -0.25) is 0 Å². The molecule has 2 aromatic carbocycles. The van der Waals surface area contributed by atoms with Crippen molar-refractivity contribution >= 4 is 6.09 Å². The van der Waals surface area contributed by atoms with Crippen LogP contribution in [0, 0.1) is 5.41 Å². The monoisotopic (exact) mass is 533 g/mol. The van der Waals surface area contributed by atoms with Gasteiger partial charge in [-0.15, -0.1) is 0 Å². The van der Waals surface area contributed by atoms with Crippen LogP contribution in [-0.2, 0) is 28.1 Å². The Morgan fingerprint density at radius 1 is 1.13 bits per heavy atom. The molecule has 2 aliphatic rings. The number of hydrogen-bond acceptors (Lipinski definition) is 7. The number of aromatic nitrogens is 2. The maximum atomic E-state index is 12.8. The number of nitrogens with zero attached hydrogens (tertiary/aromatic N) is 3. The van der Waals surface area contributed by atoms with Crippen LogP contribution in [0.3, 0.4) is 0 Å². The Kier molecular flexibility index (Phi) is 7.29. The van der Waals surface area contributed by atoms with E-state index in [0.717, 1.165) is 24.8 Å². The Labute approximate surface area is 230 Å². The number of carbonyl (C=O) groups excluding carboxylic acids is 1. The molecule has 3 aromatic rings. The zero-order chi connectivity index (χ0) is 27.8. The SMILES string of the molecule is CCc1ccc([C@](O)(c2cccc(-c3nc(COC4CCC4)no3)c2)C2(C)CN(C(=O)OC(C)(C)C)C2)cc1. The number of aliphatic hydroxyl groups is 1. The summed E-state index contributed by atoms with van der Waals surface area (Å²) in [4.78, 5) is 18.9. The molecule has 8 heteroatoms. The van der Waals surface area contributed by atoms with Crippen molar-refractivity contribution in [3.8, 4) is 11.5 Å². The minimum Gasteiger partial charge on any atom is -0.444 e. The Bertz CT molecular complexity index is 1300. The molecule has 1 aliphatic carbocycles. The van der Waals surface area contributed by atoms with Gasteiger partial charge in [0.2, 0.25) is 0 Å². The normalized spacial score (nSPS) is 18.7. The van der Waals surface area contributed by atoms with Crippen LogP contribution in [-0.4, -0.2) is 51.0 Å². The van der Waals surface area contributed by atoms with Gasteiger partial charge in [0.05, 0.1) is 6.10 Å². The molecular weight excluding hydrogens is 494 g/mol. The highest BCUT2D eigenvalue weighted by atomic mass is 16.6. The zero-order valence-electron chi connectivity index (χ0n) is 23.6. The highest BCUT2D eigenvalue weighted by Crippen LogP contribution is 2.51. The Morgan fingerprint density at radius 3 is 2.46 bits per heavy atom. The molecule has 2 fully saturated rings. The number of likely N-dealkylation sites (tertiary alicyclic amines) is 1. The van der Waals surface area contributed by atoms with Crippen molar-refractivity contribution in [3.63, 3.8) is 0 Å². The molecule has 1 atom stereocenters. The first-order valence-electron chi connectivity index (χ1n) is 13.9. The second kappa shape index (κ2) is 10.4. The number of carbonyl (C=O) groups is 1. The molecular formula is C31H39N3O5. The molecule has 8 nitrogen and oxygen atoms in total. The number of benzene rings is 2. The van der Waals surface area contributed by atoms with Gasteiger partial charge in [0, 0.05) is 24.1 Å². The van der Waals surface area contributed by atoms with E-state index in [4.69, 9.17) is 14.0 Å². The topological polar surface area (TPSA) is 97.9 Å². The van der Waals surface area contributed by atoms with E-state index in [-0.39, 0.29) is 12.2 Å². The zero-order valence-corrected chi connectivity index (χ0v) is 23.6. The largest absolute Gasteiger partial charge is 0.444 e. The number of aryl methyl sites for hydroxylation is 1. The average molecular weight is 534 g/mol. The summed E-state index contributed by atoms with van der Waals surface area (Å²) in [6, 6.07) is 15.6. The molecule has 1 aromatic heterocycles. The summed E-state index contributed by atoms with van der Waals surface area (Å²) in [6.45, 7) is 10.7. The maximum absolute atomic E-state index is 12.8. The van der Waals surface area contributed by atoms with Gasteiger partial charge in [0.15, 0.2) is 5.82 Å². The van der Waals surface area contributed by atoms with E-state index in [1.165, 1.54) is 12.0 Å². The molecule has 39 heavy (non-hydrogen) atoms. The molecule has 0 unspecified atom stereocenters. The fraction of sp³-hybridized carbons (Fsp3) is 0.516. The van der Waals surface area contributed by atoms with Gasteiger partial charge in [-0.1, -0.05) is 55.4 Å². The lowest BCUT2D eigenvalue weighted by Gasteiger charge is -2.56. The van der Waals surface area contributed by atoms with Crippen LogP contribution in [0.5, 0.6) is 0 Å². The smallest absolute Gasteiger partial charge is 0.410 e. The summed E-state index contributed by atoms with van der Waals surface area (Å²) in [5.74, 6) is 0.883. The molecule has 1 saturated carbocycles. The van der Waals surface area contributed by atoms with Crippen molar-refractivity contribution in [2.24, 2.45) is 5.41 Å². The molecule has 1 aliphatic heterocycles. The van der Waals surface area contributed by atoms with E-state index < -0.39 is 16.6 Å². The van der Waals surface area contributed by atoms with Gasteiger partial charge in [-0.05, 0) is 75.3 Å². The number of amides is 1. The van der Waals surface area contributed by atoms with Gasteiger partial charge in [0.25, 0.3) is 5.89 Å². The van der Waals surface area contributed by atoms with Crippen molar-refractivity contribution < 1.29 is 23.9 Å². The number of hydrogen-bond donors (Lipinski definition) is 1. The van der Waals surface area contributed by atoms with Crippen LogP contribution in [0.15, 0.2) is 53.1 Å². The van der Waals surface area contributed by atoms with Crippen molar-refractivity contribution in [2.75, 3.05) is 13.1 Å². The van der Waals surface area contributed by atoms with Gasteiger partial charge in [-0.2, -0.15) is 4.98 Å². The average Bonchev–Trinajstić information content (AvgIpc) is 3.33. The number of rotatable bonds is 8. The third-order valence-electron chi connectivity index (χ3n) is 7.88. The minimum absolute atomic E-state index is 0.285. The summed E-state index contributed by atoms with van der Waals surface area (Å²) in [6.07, 6.45) is 4.17. The Balaban J connectivity index is 1.45. The fourth-order valence-corrected chi connectivity index (χ4v) is 5.36. The molecule has 2 heterocycles. The van der Waals surface area contributed by atoms with Crippen molar-refractivity contribution in [2.45, 2.75) is 84.2 Å². The molecule has 1 amide bonds. The van der Waals surface area contributed by atoms with E-state index >= 15 is 0 Å². The highest BCUT2D eigenvalue weighted by molar-refractivity contribution is 5.70. The first kappa shape index (κ1) is 27.3. The fourth-order valence-electron chi connectivity index (χ4n) is 5.36. The maximum Gasteiger partial charge on any atom is 0.410 e. The van der Waals surface area contributed by atoms with E-state index in [0.29, 0.717) is 42.5 Å². The van der Waals surface area contributed by atoms with Gasteiger partial charge < -0.3 is 24.0 Å². The van der Waals surface area contributed by atoms with Crippen LogP contribution in [0.1, 0.15) is 76.4 Å². The predicted molar refractivity (Wildman–Crippen MR) is 147 cm³/mol. The van der Waals surface area contributed by atoms with Gasteiger partial charge >= 0.3 is 6.09 Å². The van der Waals surface area contributed by atoms with E-state index in [9.17, 15) is 9.90 Å². The lowest BCUT2D eigenvalue weighted by atomic mass is 9.61. The lowest BCUT2D eigenvalue weighted by molar-refractivity contribution is -0.131. The molecule has 0 radical (unpaired) electrons. The summed E-state index contributed by atoms with van der Waals surface area (Å²) < 4.78 is 17.0. The van der Waals surface area contributed by atoms with Gasteiger partial charge in [0.1, 0.15) is 17.8 Å². The standard InChI is InChI=1S/C31H39N3O5/c1-6-21-13-15-23(16-14-21)31(36,30(5)19-34(20-30)28(35)38-29(2,3)4)24-10-7-9-22(17-24)27-32-26(33-39-27)18-37-25-11-8-12-25/h7,9-10,13-17,25,36H,6,8,11-12,18-20H2,1-5H3/t31-/m0/s1. The van der Waals surface area contributed by atoms with Gasteiger partial charge in [-0.25, -0.2) is 4.79 Å². The minimum atomic E-state index is -1.38. The summed E-state index contributed by atoms with van der Waals surface area (Å²) >= 11 is 0. The van der Waals surface area contributed by atoms with Crippen LogP contribution >= 0.6 is 0 Å². The Morgan fingerprint density at radius 2 is 1.85 bits per heavy atom. The summed E-state index contributed by atoms with van der Waals surface area (Å²) in [5.41, 5.74) is 0.730. The van der Waals surface area contributed by atoms with Crippen molar-refractivity contribution in [1.29, 1.82) is 0 Å². The second-order valence-electron chi connectivity index (χ2n) is 12.1. The van der Waals surface area contributed by atoms with Crippen LogP contribution in [0.25, 0.3) is 11.5 Å². The third kappa shape index (κ3) is 5.45. The Hall–Kier alpha value is -3.23. The van der Waals surface area contributed by atoms with Crippen molar-refractivity contribution in [3.05, 3.63) is 71.0 Å². The molecule has 0 spiro atoms. The molecule has 0 bridgehead atoms. The summed E-state index contributed by atoms with van der Waals surface area (Å²) in [7, 11) is 0. The molecule has 1 N–H and O–H groups in total. The number of ether oxygens (including phenoxy) is 2. The van der Waals surface area contributed by atoms with Crippen LogP contribution < -0.4 is 0 Å². The third-order valence-corrected chi connectivity index (χ3v) is 7.88. The molecule has 5 rings (SSSR count). The van der Waals surface area contributed by atoms with Crippen LogP contribution in [0.2, 0.25) is 0 Å². The quantitative estimate of drug-likeness (QED) is 0.387. The summed E-state index contributed by atoms with van der Waals surface area (Å²) in [5, 5.41) is 16.7. The van der Waals surface area contributed by atoms with Crippen LogP contribution in [0.4, 0.5) is 4.79 Å². The van der Waals surface area contributed by atoms with E-state index in [1.54, 1.807) is 4.90 Å². The predicted octanol–water partition coefficient (Wildman–Crippen LogP) is 5.86. The first-order valence-corrected chi connectivity index (χ1v) is 13.9. The van der Waals surface area contributed by atoms with E-state index in [2.05, 4.69) is 17.1 Å². The molecule has 1 saturated heterocycles. The lowest BCUT2D eigenvalue weighted by Crippen LogP contribution is -2.66. The molecule has 208 valence electrons. The second-order valence-corrected chi connectivity index (χ2v) is 12.1. The highest BCUT2D eigenvalue weighted by Gasteiger charge is 2.58. The van der Waals surface area contributed by atoms with E-state index in [1.807, 2.05) is 76.2 Å². The van der Waals surface area contributed by atoms with Crippen molar-refractivity contribution in [1.82, 2.24) is 15.0 Å². The first-order chi connectivity index (χ1) is 18.5.